The summed E-state index contributed by atoms with van der Waals surface area (Å²) in [5.74, 6) is 0.384. The van der Waals surface area contributed by atoms with Crippen molar-refractivity contribution in [3.05, 3.63) is 58.1 Å². The van der Waals surface area contributed by atoms with Crippen LogP contribution >= 0.6 is 0 Å². The Balaban J connectivity index is 1.99. The Morgan fingerprint density at radius 2 is 2.10 bits per heavy atom. The Bertz CT molecular complexity index is 878. The van der Waals surface area contributed by atoms with E-state index in [4.69, 9.17) is 5.26 Å². The van der Waals surface area contributed by atoms with Crippen molar-refractivity contribution in [1.82, 2.24) is 9.97 Å². The standard InChI is InChI=1S/C14H9N5O2/c15-8-9-5-6-10-12(7-9)18-14(16-10)17-11-3-1-2-4-13(11)19(20)21/h1-7H,(H2,16,17,18). The van der Waals surface area contributed by atoms with Crippen molar-refractivity contribution in [2.24, 2.45) is 0 Å². The van der Waals surface area contributed by atoms with Gasteiger partial charge < -0.3 is 10.3 Å². The molecule has 0 bridgehead atoms. The number of para-hydroxylation sites is 2. The number of nitrogens with zero attached hydrogens (tertiary/aromatic N) is 3. The number of nitriles is 1. The van der Waals surface area contributed by atoms with Gasteiger partial charge in [0.15, 0.2) is 0 Å². The van der Waals surface area contributed by atoms with Crippen molar-refractivity contribution in [3.8, 4) is 6.07 Å². The number of H-pyrrole nitrogens is 1. The quantitative estimate of drug-likeness (QED) is 0.565. The van der Waals surface area contributed by atoms with Crippen molar-refractivity contribution >= 4 is 28.4 Å². The van der Waals surface area contributed by atoms with Crippen LogP contribution in [0.25, 0.3) is 11.0 Å². The molecular weight excluding hydrogens is 270 g/mol. The summed E-state index contributed by atoms with van der Waals surface area (Å²) in [5.41, 5.74) is 2.20. The Labute approximate surface area is 119 Å². The minimum Gasteiger partial charge on any atom is -0.324 e. The summed E-state index contributed by atoms with van der Waals surface area (Å²) in [6, 6.07) is 13.4. The maximum absolute atomic E-state index is 11.0. The highest BCUT2D eigenvalue weighted by atomic mass is 16.6. The summed E-state index contributed by atoms with van der Waals surface area (Å²) in [4.78, 5) is 17.8. The lowest BCUT2D eigenvalue weighted by Gasteiger charge is -2.02. The largest absolute Gasteiger partial charge is 0.324 e. The van der Waals surface area contributed by atoms with Gasteiger partial charge in [0, 0.05) is 6.07 Å². The first-order chi connectivity index (χ1) is 10.2. The number of nitro groups is 1. The summed E-state index contributed by atoms with van der Waals surface area (Å²) >= 11 is 0. The van der Waals surface area contributed by atoms with Gasteiger partial charge in [-0.05, 0) is 24.3 Å². The van der Waals surface area contributed by atoms with E-state index in [1.807, 2.05) is 6.07 Å². The molecule has 1 aromatic heterocycles. The van der Waals surface area contributed by atoms with Gasteiger partial charge in [-0.15, -0.1) is 0 Å². The van der Waals surface area contributed by atoms with Gasteiger partial charge in [0.1, 0.15) is 5.69 Å². The van der Waals surface area contributed by atoms with Crippen LogP contribution in [0.1, 0.15) is 5.56 Å². The number of benzene rings is 2. The van der Waals surface area contributed by atoms with Crippen LogP contribution in [0.15, 0.2) is 42.5 Å². The molecule has 21 heavy (non-hydrogen) atoms. The van der Waals surface area contributed by atoms with Crippen LogP contribution in [0, 0.1) is 21.4 Å². The lowest BCUT2D eigenvalue weighted by atomic mass is 10.2. The van der Waals surface area contributed by atoms with Crippen LogP contribution < -0.4 is 5.32 Å². The molecule has 0 fully saturated rings. The molecule has 7 nitrogen and oxygen atoms in total. The van der Waals surface area contributed by atoms with E-state index >= 15 is 0 Å². The minimum absolute atomic E-state index is 0.0318. The zero-order valence-corrected chi connectivity index (χ0v) is 10.7. The van der Waals surface area contributed by atoms with Crippen LogP contribution in [0.4, 0.5) is 17.3 Å². The molecule has 7 heteroatoms. The summed E-state index contributed by atoms with van der Waals surface area (Å²) in [5, 5.41) is 22.7. The number of fused-ring (bicyclic) bond motifs is 1. The van der Waals surface area contributed by atoms with Crippen molar-refractivity contribution in [2.75, 3.05) is 5.32 Å². The van der Waals surface area contributed by atoms with Gasteiger partial charge >= 0.3 is 0 Å². The number of aromatic nitrogens is 2. The predicted molar refractivity (Wildman–Crippen MR) is 77.2 cm³/mol. The van der Waals surface area contributed by atoms with Crippen molar-refractivity contribution in [3.63, 3.8) is 0 Å². The second-order valence-electron chi connectivity index (χ2n) is 4.33. The third-order valence-electron chi connectivity index (χ3n) is 2.96. The van der Waals surface area contributed by atoms with Gasteiger partial charge in [-0.2, -0.15) is 5.26 Å². The van der Waals surface area contributed by atoms with Gasteiger partial charge in [0.25, 0.3) is 5.69 Å². The second-order valence-corrected chi connectivity index (χ2v) is 4.33. The lowest BCUT2D eigenvalue weighted by Crippen LogP contribution is -1.97. The molecule has 0 atom stereocenters. The Morgan fingerprint density at radius 1 is 1.29 bits per heavy atom. The average Bonchev–Trinajstić information content (AvgIpc) is 2.88. The molecule has 102 valence electrons. The van der Waals surface area contributed by atoms with Gasteiger partial charge in [0.2, 0.25) is 5.95 Å². The lowest BCUT2D eigenvalue weighted by molar-refractivity contribution is -0.383. The number of hydrogen-bond acceptors (Lipinski definition) is 5. The second kappa shape index (κ2) is 4.94. The van der Waals surface area contributed by atoms with E-state index in [1.165, 1.54) is 6.07 Å². The van der Waals surface area contributed by atoms with Crippen molar-refractivity contribution in [2.45, 2.75) is 0 Å². The van der Waals surface area contributed by atoms with Crippen molar-refractivity contribution < 1.29 is 4.92 Å². The normalized spacial score (nSPS) is 10.2. The SMILES string of the molecule is N#Cc1ccc2nc(Nc3ccccc3[N+](=O)[O-])[nH]c2c1. The van der Waals surface area contributed by atoms with E-state index < -0.39 is 4.92 Å². The number of nitro benzene ring substituents is 1. The third-order valence-corrected chi connectivity index (χ3v) is 2.96. The Kier molecular flexibility index (Phi) is 2.97. The predicted octanol–water partition coefficient (Wildman–Crippen LogP) is 3.09. The summed E-state index contributed by atoms with van der Waals surface area (Å²) in [6.45, 7) is 0. The van der Waals surface area contributed by atoms with Gasteiger partial charge in [0.05, 0.1) is 27.6 Å². The van der Waals surface area contributed by atoms with Crippen molar-refractivity contribution in [1.29, 1.82) is 5.26 Å². The molecule has 3 aromatic rings. The molecule has 0 saturated heterocycles. The van der Waals surface area contributed by atoms with Crippen LogP contribution in [0.3, 0.4) is 0 Å². The Morgan fingerprint density at radius 3 is 2.86 bits per heavy atom. The zero-order chi connectivity index (χ0) is 14.8. The van der Waals surface area contributed by atoms with E-state index in [1.54, 1.807) is 36.4 Å². The molecule has 2 N–H and O–H groups in total. The zero-order valence-electron chi connectivity index (χ0n) is 10.7. The number of aromatic amines is 1. The molecule has 2 aromatic carbocycles. The van der Waals surface area contributed by atoms with Gasteiger partial charge in [-0.25, -0.2) is 4.98 Å². The van der Waals surface area contributed by atoms with E-state index in [0.717, 1.165) is 0 Å². The summed E-state index contributed by atoms with van der Waals surface area (Å²) in [7, 11) is 0. The third kappa shape index (κ3) is 2.37. The van der Waals surface area contributed by atoms with E-state index in [2.05, 4.69) is 15.3 Å². The first-order valence-corrected chi connectivity index (χ1v) is 6.07. The van der Waals surface area contributed by atoms with E-state index in [-0.39, 0.29) is 5.69 Å². The number of hydrogen-bond donors (Lipinski definition) is 2. The van der Waals surface area contributed by atoms with E-state index in [0.29, 0.717) is 28.2 Å². The summed E-state index contributed by atoms with van der Waals surface area (Å²) in [6.07, 6.45) is 0. The molecule has 0 unspecified atom stereocenters. The maximum atomic E-state index is 11.0. The molecular formula is C14H9N5O2. The average molecular weight is 279 g/mol. The van der Waals surface area contributed by atoms with E-state index in [9.17, 15) is 10.1 Å². The molecule has 0 spiro atoms. The molecule has 3 rings (SSSR count). The van der Waals surface area contributed by atoms with Crippen LogP contribution in [0.5, 0.6) is 0 Å². The van der Waals surface area contributed by atoms with Crippen LogP contribution in [-0.2, 0) is 0 Å². The number of nitrogens with one attached hydrogen (secondary N) is 2. The molecule has 1 heterocycles. The fourth-order valence-corrected chi connectivity index (χ4v) is 2.00. The molecule has 0 radical (unpaired) electrons. The number of imidazole rings is 1. The fraction of sp³-hybridized carbons (Fsp3) is 0. The van der Waals surface area contributed by atoms with Crippen LogP contribution in [-0.4, -0.2) is 14.9 Å². The minimum atomic E-state index is -0.460. The fourth-order valence-electron chi connectivity index (χ4n) is 2.00. The van der Waals surface area contributed by atoms with Gasteiger partial charge in [-0.1, -0.05) is 12.1 Å². The monoisotopic (exact) mass is 279 g/mol. The molecule has 0 aliphatic rings. The molecule has 0 aliphatic carbocycles. The number of anilines is 2. The first-order valence-electron chi connectivity index (χ1n) is 6.07. The number of rotatable bonds is 3. The first kappa shape index (κ1) is 12.6. The highest BCUT2D eigenvalue weighted by Crippen LogP contribution is 2.26. The van der Waals surface area contributed by atoms with Gasteiger partial charge in [-0.3, -0.25) is 10.1 Å². The molecule has 0 saturated carbocycles. The highest BCUT2D eigenvalue weighted by Gasteiger charge is 2.13. The molecule has 0 amide bonds. The van der Waals surface area contributed by atoms with Crippen LogP contribution in [0.2, 0.25) is 0 Å². The maximum Gasteiger partial charge on any atom is 0.292 e. The Hall–Kier alpha value is -3.40. The topological polar surface area (TPSA) is 108 Å². The highest BCUT2D eigenvalue weighted by molar-refractivity contribution is 5.80. The summed E-state index contributed by atoms with van der Waals surface area (Å²) < 4.78 is 0. The smallest absolute Gasteiger partial charge is 0.292 e. The molecule has 0 aliphatic heterocycles.